The number of hydrogen-bond donors (Lipinski definition) is 2. The molecule has 0 aliphatic heterocycles. The van der Waals surface area contributed by atoms with Crippen LogP contribution in [0.1, 0.15) is 32.6 Å². The van der Waals surface area contributed by atoms with Crippen LogP contribution in [0.15, 0.2) is 0 Å². The molecule has 0 bridgehead atoms. The Labute approximate surface area is 101 Å². The van der Waals surface area contributed by atoms with E-state index in [-0.39, 0.29) is 12.2 Å². The highest BCUT2D eigenvalue weighted by molar-refractivity contribution is 7.92. The largest absolute Gasteiger partial charge is 0.481 e. The Morgan fingerprint density at radius 1 is 1.18 bits per heavy atom. The molecular formula is C10H19NO5S. The average Bonchev–Trinajstić information content (AvgIpc) is 2.22. The number of aliphatic carboxylic acids is 1. The maximum atomic E-state index is 11.2. The predicted octanol–water partition coefficient (Wildman–Crippen LogP) is 0.182. The van der Waals surface area contributed by atoms with E-state index < -0.39 is 27.5 Å². The molecule has 0 aromatic carbocycles. The lowest BCUT2D eigenvalue weighted by Crippen LogP contribution is -2.31. The van der Waals surface area contributed by atoms with Crippen molar-refractivity contribution in [2.24, 2.45) is 0 Å². The van der Waals surface area contributed by atoms with E-state index in [1.54, 1.807) is 0 Å². The van der Waals surface area contributed by atoms with Gasteiger partial charge in [-0.3, -0.25) is 9.59 Å². The highest BCUT2D eigenvalue weighted by Crippen LogP contribution is 1.98. The van der Waals surface area contributed by atoms with Crippen LogP contribution in [0, 0.1) is 0 Å². The van der Waals surface area contributed by atoms with Gasteiger partial charge in [0.15, 0.2) is 9.84 Å². The van der Waals surface area contributed by atoms with E-state index in [1.165, 1.54) is 6.92 Å². The second-order valence-corrected chi connectivity index (χ2v) is 6.08. The van der Waals surface area contributed by atoms with Crippen LogP contribution in [0.4, 0.5) is 0 Å². The summed E-state index contributed by atoms with van der Waals surface area (Å²) in [5.41, 5.74) is 0. The summed E-state index contributed by atoms with van der Waals surface area (Å²) in [4.78, 5) is 21.4. The molecule has 0 aliphatic carbocycles. The van der Waals surface area contributed by atoms with E-state index in [0.29, 0.717) is 25.8 Å². The van der Waals surface area contributed by atoms with Gasteiger partial charge in [0.25, 0.3) is 0 Å². The van der Waals surface area contributed by atoms with Gasteiger partial charge in [0.05, 0.1) is 0 Å². The molecule has 0 fully saturated rings. The van der Waals surface area contributed by atoms with Crippen molar-refractivity contribution >= 4 is 21.7 Å². The minimum Gasteiger partial charge on any atom is -0.481 e. The van der Waals surface area contributed by atoms with Crippen molar-refractivity contribution in [1.29, 1.82) is 0 Å². The number of rotatable bonds is 9. The van der Waals surface area contributed by atoms with Crippen LogP contribution in [0.5, 0.6) is 0 Å². The van der Waals surface area contributed by atoms with Crippen LogP contribution in [0.25, 0.3) is 0 Å². The number of carboxylic acid groups (broad SMARTS) is 1. The van der Waals surface area contributed by atoms with Crippen molar-refractivity contribution in [2.45, 2.75) is 32.6 Å². The van der Waals surface area contributed by atoms with E-state index in [0.717, 1.165) is 0 Å². The molecule has 0 saturated carbocycles. The number of carbonyl (C=O) groups is 2. The number of unbranched alkanes of at least 4 members (excludes halogenated alkanes) is 2. The molecule has 17 heavy (non-hydrogen) atoms. The SMILES string of the molecule is CCS(=O)(=O)CC(=O)NCCCCCC(=O)O. The van der Waals surface area contributed by atoms with E-state index in [4.69, 9.17) is 5.11 Å². The number of nitrogens with one attached hydrogen (secondary N) is 1. The minimum absolute atomic E-state index is 0.0426. The summed E-state index contributed by atoms with van der Waals surface area (Å²) < 4.78 is 22.2. The van der Waals surface area contributed by atoms with Crippen molar-refractivity contribution in [1.82, 2.24) is 5.32 Å². The highest BCUT2D eigenvalue weighted by Gasteiger charge is 2.13. The van der Waals surface area contributed by atoms with Gasteiger partial charge < -0.3 is 10.4 Å². The second kappa shape index (κ2) is 8.05. The predicted molar refractivity (Wildman–Crippen MR) is 63.4 cm³/mol. The van der Waals surface area contributed by atoms with Gasteiger partial charge in [-0.1, -0.05) is 13.3 Å². The Balaban J connectivity index is 3.56. The van der Waals surface area contributed by atoms with Crippen molar-refractivity contribution in [3.8, 4) is 0 Å². The van der Waals surface area contributed by atoms with Crippen LogP contribution < -0.4 is 5.32 Å². The summed E-state index contributed by atoms with van der Waals surface area (Å²) in [6, 6.07) is 0. The molecule has 6 nitrogen and oxygen atoms in total. The first-order chi connectivity index (χ1) is 7.87. The zero-order chi connectivity index (χ0) is 13.3. The van der Waals surface area contributed by atoms with E-state index in [2.05, 4.69) is 5.32 Å². The standard InChI is InChI=1S/C10H19NO5S/c1-2-17(15,16)8-9(12)11-7-5-3-4-6-10(13)14/h2-8H2,1H3,(H,11,12)(H,13,14). The summed E-state index contributed by atoms with van der Waals surface area (Å²) in [5, 5.41) is 10.9. The molecule has 0 spiro atoms. The summed E-state index contributed by atoms with van der Waals surface area (Å²) in [7, 11) is -3.27. The second-order valence-electron chi connectivity index (χ2n) is 3.73. The van der Waals surface area contributed by atoms with Gasteiger partial charge in [0.2, 0.25) is 5.91 Å². The molecule has 0 radical (unpaired) electrons. The molecule has 100 valence electrons. The summed E-state index contributed by atoms with van der Waals surface area (Å²) in [6.45, 7) is 1.88. The molecule has 0 rings (SSSR count). The first-order valence-corrected chi connectivity index (χ1v) is 7.38. The fourth-order valence-electron chi connectivity index (χ4n) is 1.16. The summed E-state index contributed by atoms with van der Waals surface area (Å²) in [6.07, 6.45) is 2.05. The van der Waals surface area contributed by atoms with Crippen LogP contribution in [-0.4, -0.2) is 43.5 Å². The summed E-state index contributed by atoms with van der Waals surface area (Å²) >= 11 is 0. The third-order valence-corrected chi connectivity index (χ3v) is 3.76. The molecule has 0 aliphatic rings. The Hall–Kier alpha value is -1.11. The maximum absolute atomic E-state index is 11.2. The lowest BCUT2D eigenvalue weighted by atomic mass is 10.2. The quantitative estimate of drug-likeness (QED) is 0.579. The third kappa shape index (κ3) is 9.80. The normalized spacial score (nSPS) is 11.1. The first kappa shape index (κ1) is 15.9. The molecule has 0 aromatic rings. The fourth-order valence-corrected chi connectivity index (χ4v) is 1.86. The smallest absolute Gasteiger partial charge is 0.303 e. The highest BCUT2D eigenvalue weighted by atomic mass is 32.2. The van der Waals surface area contributed by atoms with Gasteiger partial charge in [-0.2, -0.15) is 0 Å². The van der Waals surface area contributed by atoms with Gasteiger partial charge in [-0.15, -0.1) is 0 Å². The van der Waals surface area contributed by atoms with Gasteiger partial charge in [0, 0.05) is 18.7 Å². The molecule has 1 amide bonds. The van der Waals surface area contributed by atoms with Gasteiger partial charge in [-0.05, 0) is 12.8 Å². The number of hydrogen-bond acceptors (Lipinski definition) is 4. The topological polar surface area (TPSA) is 101 Å². The van der Waals surface area contributed by atoms with Crippen LogP contribution in [-0.2, 0) is 19.4 Å². The monoisotopic (exact) mass is 265 g/mol. The number of amides is 1. The van der Waals surface area contributed by atoms with E-state index in [1.807, 2.05) is 0 Å². The first-order valence-electron chi connectivity index (χ1n) is 5.56. The van der Waals surface area contributed by atoms with Crippen molar-refractivity contribution in [3.05, 3.63) is 0 Å². The Morgan fingerprint density at radius 3 is 2.35 bits per heavy atom. The zero-order valence-corrected chi connectivity index (χ0v) is 10.8. The lowest BCUT2D eigenvalue weighted by molar-refractivity contribution is -0.137. The molecule has 2 N–H and O–H groups in total. The Morgan fingerprint density at radius 2 is 1.82 bits per heavy atom. The van der Waals surface area contributed by atoms with Gasteiger partial charge >= 0.3 is 5.97 Å². The minimum atomic E-state index is -3.27. The van der Waals surface area contributed by atoms with Crippen molar-refractivity contribution < 1.29 is 23.1 Å². The lowest BCUT2D eigenvalue weighted by Gasteiger charge is -2.04. The molecule has 0 heterocycles. The number of carbonyl (C=O) groups excluding carboxylic acids is 1. The van der Waals surface area contributed by atoms with Crippen LogP contribution >= 0.6 is 0 Å². The van der Waals surface area contributed by atoms with Gasteiger partial charge in [0.1, 0.15) is 5.75 Å². The molecular weight excluding hydrogens is 246 g/mol. The maximum Gasteiger partial charge on any atom is 0.303 e. The van der Waals surface area contributed by atoms with Crippen LogP contribution in [0.2, 0.25) is 0 Å². The molecule has 0 saturated heterocycles. The van der Waals surface area contributed by atoms with E-state index in [9.17, 15) is 18.0 Å². The van der Waals surface area contributed by atoms with Gasteiger partial charge in [-0.25, -0.2) is 8.42 Å². The Kier molecular flexibility index (Phi) is 7.53. The van der Waals surface area contributed by atoms with Crippen molar-refractivity contribution in [2.75, 3.05) is 18.1 Å². The molecule has 0 unspecified atom stereocenters. The van der Waals surface area contributed by atoms with Crippen LogP contribution in [0.3, 0.4) is 0 Å². The molecule has 0 atom stereocenters. The Bertz CT molecular complexity index is 350. The fraction of sp³-hybridized carbons (Fsp3) is 0.800. The molecule has 7 heteroatoms. The zero-order valence-electron chi connectivity index (χ0n) is 9.94. The number of carboxylic acids is 1. The number of sulfone groups is 1. The average molecular weight is 265 g/mol. The molecule has 0 aromatic heterocycles. The summed E-state index contributed by atoms with van der Waals surface area (Å²) in [5.74, 6) is -1.84. The van der Waals surface area contributed by atoms with E-state index >= 15 is 0 Å². The third-order valence-electron chi connectivity index (χ3n) is 2.18. The van der Waals surface area contributed by atoms with Crippen molar-refractivity contribution in [3.63, 3.8) is 0 Å².